The average molecular weight is 1750 g/mol. The molecule has 0 aromatic heterocycles. The second-order valence-electron chi connectivity index (χ2n) is 25.3. The number of amides is 14. The number of guanidine groups is 1. The maximum atomic E-state index is 14.6. The molecule has 1 aromatic carbocycles. The van der Waals surface area contributed by atoms with E-state index in [2.05, 4.69) is 79.6 Å². The van der Waals surface area contributed by atoms with Crippen LogP contribution in [-0.4, -0.2) is 357 Å². The van der Waals surface area contributed by atoms with Crippen LogP contribution in [0.15, 0.2) is 35.3 Å². The van der Waals surface area contributed by atoms with E-state index in [1.807, 2.05) is 6.92 Å². The van der Waals surface area contributed by atoms with Gasteiger partial charge in [0.05, 0.1) is 111 Å². The van der Waals surface area contributed by atoms with Crippen LogP contribution in [0.4, 0.5) is 0 Å². The van der Waals surface area contributed by atoms with Gasteiger partial charge in [0.25, 0.3) is 0 Å². The number of carbonyl (C=O) groups excluding carboxylic acids is 14. The van der Waals surface area contributed by atoms with Crippen LogP contribution in [0.5, 0.6) is 0 Å². The van der Waals surface area contributed by atoms with Crippen molar-refractivity contribution in [3.05, 3.63) is 35.9 Å². The first-order chi connectivity index (χ1) is 57.3. The number of hydroxylamine groups is 1. The van der Waals surface area contributed by atoms with E-state index >= 15 is 0 Å². The molecule has 2 aliphatic rings. The Kier molecular flexibility index (Phi) is 61.4. The minimum atomic E-state index is -1.81. The molecule has 3 rings (SSSR count). The number of primary amides is 1. The molecule has 0 radical (unpaired) electrons. The smallest absolute Gasteiger partial charge is 0.305 e. The fraction of sp³-hybridized carbons (Fsp3) is 0.690. The molecule has 14 amide bonds. The van der Waals surface area contributed by atoms with Crippen LogP contribution in [0.1, 0.15) is 57.9 Å². The van der Waals surface area contributed by atoms with Gasteiger partial charge in [-0.25, -0.2) is 5.48 Å². The van der Waals surface area contributed by atoms with Gasteiger partial charge < -0.3 is 139 Å². The third-order valence-corrected chi connectivity index (χ3v) is 19.1. The van der Waals surface area contributed by atoms with Gasteiger partial charge in [0.2, 0.25) is 82.7 Å². The Labute approximate surface area is 702 Å². The summed E-state index contributed by atoms with van der Waals surface area (Å²) < 4.78 is 52.8. The minimum absolute atomic E-state index is 0.00176. The van der Waals surface area contributed by atoms with Gasteiger partial charge in [-0.1, -0.05) is 51.9 Å². The number of aliphatic imine (C=N–C) groups is 1. The molecule has 1 aromatic rings. The van der Waals surface area contributed by atoms with Gasteiger partial charge in [-0.3, -0.25) is 81.7 Å². The lowest BCUT2D eigenvalue weighted by Crippen LogP contribution is -2.60. The van der Waals surface area contributed by atoms with Crippen LogP contribution in [0.2, 0.25) is 0 Å². The van der Waals surface area contributed by atoms with Gasteiger partial charge in [-0.05, 0) is 51.5 Å². The fourth-order valence-corrected chi connectivity index (χ4v) is 13.0. The summed E-state index contributed by atoms with van der Waals surface area (Å²) in [6, 6.07) is -2.00. The lowest BCUT2D eigenvalue weighted by Gasteiger charge is -2.27. The lowest BCUT2D eigenvalue weighted by molar-refractivity contribution is -0.141. The predicted octanol–water partition coefficient (Wildman–Crippen LogP) is -8.01. The van der Waals surface area contributed by atoms with Gasteiger partial charge in [-0.2, -0.15) is 0 Å². The summed E-state index contributed by atoms with van der Waals surface area (Å²) in [5.74, 6) is -13.3. The second-order valence-corrected chi connectivity index (χ2v) is 28.9. The highest BCUT2D eigenvalue weighted by molar-refractivity contribution is 8.76. The van der Waals surface area contributed by atoms with E-state index in [4.69, 9.17) is 69.4 Å². The Morgan fingerprint density at radius 1 is 0.462 bits per heavy atom. The number of nitrogens with two attached hydrogens (primary N) is 3. The quantitative estimate of drug-likeness (QED) is 0.00947. The standard InChI is InChI=1S/C61H100N16O22S3.C10H20N2O5/c1-3-92-19-18-68-55(86)45-36-100-39-52(82)71-42(12-7-8-14-65-49(79)33-98-34-50(80)66-16-20-93-22-24-95-26-28-97-29-27-96-25-23-94-21-17-67-51(81)35-99-64-2)56(87)76-46-37-101-102-38-47(60(91)74-43(57(88)75-45)30-40-10-5-4-6-11-40)77-58(89)44(31-53(83)84)72-48(78)32-70-54(85)41(73-59(46)90)13-9-15-69-61(62)63;1-2-15-5-6-16-4-3-12-10(14)8-17-7-9(11)13/h4-6,10-11,41-47,64H,3,7-9,12-39H2,1-2H3,(H,65,79)(H,66,80)(H,67,81)(H,68,86)(H,70,85)(H,71,82)(H,72,78)(H,73,90)(H,74,91)(H,75,88)(H,76,87)(H,77,89)(H,83,84)(H4,62,63,69);2-8H2,1H3,(H2,11,13)(H,12,14)/t41-,42-,43-,44-,45-,46-,47-;/m0./s1. The van der Waals surface area contributed by atoms with Gasteiger partial charge >= 0.3 is 5.97 Å². The second kappa shape index (κ2) is 68.8. The van der Waals surface area contributed by atoms with E-state index < -0.39 is 145 Å². The summed E-state index contributed by atoms with van der Waals surface area (Å²) in [5.41, 5.74) is 18.8. The molecule has 0 aliphatic carbocycles. The number of hydrogen-bond donors (Lipinski definition) is 18. The Bertz CT molecular complexity index is 3220. The summed E-state index contributed by atoms with van der Waals surface area (Å²) >= 11 is 0.911. The zero-order valence-electron chi connectivity index (χ0n) is 67.5. The van der Waals surface area contributed by atoms with E-state index in [-0.39, 0.29) is 145 Å². The number of nitrogens with zero attached hydrogens (tertiary/aromatic N) is 1. The van der Waals surface area contributed by atoms with Crippen molar-refractivity contribution in [3.63, 3.8) is 0 Å². The number of unbranched alkanes of at least 4 members (excludes halogenated alkanes) is 1. The molecule has 2 heterocycles. The Morgan fingerprint density at radius 3 is 1.43 bits per heavy atom. The van der Waals surface area contributed by atoms with E-state index in [0.717, 1.165) is 33.3 Å². The third-order valence-electron chi connectivity index (χ3n) is 15.6. The monoisotopic (exact) mass is 1750 g/mol. The molecule has 7 atom stereocenters. The summed E-state index contributed by atoms with van der Waals surface area (Å²) in [6.45, 7) is 8.20. The Balaban J connectivity index is 0.00000251. The molecule has 2 saturated heterocycles. The number of carboxylic acid groups (broad SMARTS) is 1. The van der Waals surface area contributed by atoms with Gasteiger partial charge in [0.15, 0.2) is 5.96 Å². The highest BCUT2D eigenvalue weighted by atomic mass is 33.1. The van der Waals surface area contributed by atoms with Crippen molar-refractivity contribution >= 4 is 128 Å². The highest BCUT2D eigenvalue weighted by Crippen LogP contribution is 2.24. The molecule has 674 valence electrons. The van der Waals surface area contributed by atoms with E-state index in [9.17, 15) is 77.0 Å². The van der Waals surface area contributed by atoms with Crippen LogP contribution in [-0.2, 0) is 131 Å². The van der Waals surface area contributed by atoms with Crippen molar-refractivity contribution in [2.45, 2.75) is 101 Å². The number of thioether (sulfide) groups is 1. The third kappa shape index (κ3) is 56.3. The molecule has 2 aliphatic heterocycles. The summed E-state index contributed by atoms with van der Waals surface area (Å²) in [6.07, 6.45) is -0.799. The first kappa shape index (κ1) is 106. The Morgan fingerprint density at radius 2 is 0.908 bits per heavy atom. The highest BCUT2D eigenvalue weighted by Gasteiger charge is 2.36. The topological polar surface area (TPSA) is 637 Å². The van der Waals surface area contributed by atoms with Gasteiger partial charge in [0.1, 0.15) is 75.3 Å². The predicted molar refractivity (Wildman–Crippen MR) is 434 cm³/mol. The van der Waals surface area contributed by atoms with Crippen LogP contribution in [0, 0.1) is 0 Å². The molecular formula is C71H120N18O27S3. The average Bonchev–Trinajstić information content (AvgIpc) is 1.50. The maximum Gasteiger partial charge on any atom is 0.305 e. The van der Waals surface area contributed by atoms with E-state index in [1.165, 1.54) is 0 Å². The van der Waals surface area contributed by atoms with Crippen molar-refractivity contribution in [3.8, 4) is 0 Å². The molecule has 2 fully saturated rings. The molecule has 21 N–H and O–H groups in total. The molecule has 119 heavy (non-hydrogen) atoms. The van der Waals surface area contributed by atoms with E-state index in [0.29, 0.717) is 105 Å². The molecule has 48 heteroatoms. The maximum absolute atomic E-state index is 14.6. The lowest BCUT2D eigenvalue weighted by atomic mass is 10.0. The fourth-order valence-electron chi connectivity index (χ4n) is 9.84. The number of fused-ring (bicyclic) bond motifs is 5. The number of ether oxygens (including phenoxy) is 10. The largest absolute Gasteiger partial charge is 0.481 e. The molecule has 2 bridgehead atoms. The summed E-state index contributed by atoms with van der Waals surface area (Å²) in [5, 5.41) is 43.4. The molecule has 45 nitrogen and oxygen atoms in total. The van der Waals surface area contributed by atoms with E-state index in [1.54, 1.807) is 44.3 Å². The van der Waals surface area contributed by atoms with Crippen LogP contribution >= 0.6 is 33.3 Å². The SMILES string of the molecule is CCOCCNC(=O)[C@@H]1CSCC(=O)N[C@@H](CCCCNC(=O)COCC(=O)NCCOCCOCCOCCOCCOCCNC(=O)CONC)C(=O)N[C@H]2CSSC[C@H](NC(=O)[C@H](CC(=O)O)NC(=O)CNC(=O)[C@H](CCCN=C(N)N)NC2=O)C(=O)N[C@@H](Cc2ccccc2)C(=O)N1.CCOCCOCCNC(=O)COCC(N)=O. The molecule has 0 unspecified atom stereocenters. The number of aliphatic carboxylic acids is 1. The number of hydrogen-bond acceptors (Lipinski definition) is 31. The first-order valence-corrected chi connectivity index (χ1v) is 42.2. The molecule has 0 saturated carbocycles. The number of carboxylic acids is 1. The van der Waals surface area contributed by atoms with Crippen LogP contribution in [0.3, 0.4) is 0 Å². The van der Waals surface area contributed by atoms with Crippen molar-refractivity contribution in [1.82, 2.24) is 74.6 Å². The molecular weight excluding hydrogens is 1630 g/mol. The van der Waals surface area contributed by atoms with Gasteiger partial charge in [0, 0.05) is 83.2 Å². The van der Waals surface area contributed by atoms with Crippen molar-refractivity contribution in [2.24, 2.45) is 22.2 Å². The first-order valence-electron chi connectivity index (χ1n) is 38.6. The van der Waals surface area contributed by atoms with Crippen molar-refractivity contribution in [1.29, 1.82) is 0 Å². The summed E-state index contributed by atoms with van der Waals surface area (Å²) in [4.78, 5) is 206. The Hall–Kier alpha value is -8.89. The summed E-state index contributed by atoms with van der Waals surface area (Å²) in [7, 11) is 3.39. The number of benzene rings is 1. The van der Waals surface area contributed by atoms with Crippen LogP contribution < -0.4 is 91.8 Å². The number of rotatable bonds is 54. The van der Waals surface area contributed by atoms with Crippen molar-refractivity contribution < 1.29 is 129 Å². The zero-order valence-corrected chi connectivity index (χ0v) is 69.9. The van der Waals surface area contributed by atoms with Gasteiger partial charge in [-0.15, -0.1) is 11.8 Å². The van der Waals surface area contributed by atoms with Crippen LogP contribution in [0.25, 0.3) is 0 Å². The zero-order chi connectivity index (χ0) is 87.5. The minimum Gasteiger partial charge on any atom is -0.481 e. The molecule has 0 spiro atoms. The normalized spacial score (nSPS) is 18.6. The number of carbonyl (C=O) groups is 15. The number of nitrogens with one attached hydrogen (secondary N) is 14. The van der Waals surface area contributed by atoms with Crippen molar-refractivity contribution in [2.75, 3.05) is 215 Å².